The summed E-state index contributed by atoms with van der Waals surface area (Å²) >= 11 is 0. The van der Waals surface area contributed by atoms with E-state index in [0.717, 1.165) is 28.3 Å². The fourth-order valence-electron chi connectivity index (χ4n) is 1.98. The Hall–Kier alpha value is -1.61. The van der Waals surface area contributed by atoms with E-state index >= 15 is 0 Å². The van der Waals surface area contributed by atoms with Gasteiger partial charge in [0.15, 0.2) is 0 Å². The van der Waals surface area contributed by atoms with Crippen LogP contribution in [0.25, 0.3) is 10.9 Å². The lowest BCUT2D eigenvalue weighted by Crippen LogP contribution is -2.03. The van der Waals surface area contributed by atoms with Gasteiger partial charge in [0, 0.05) is 22.7 Å². The molecule has 3 heteroatoms. The van der Waals surface area contributed by atoms with Gasteiger partial charge in [-0.25, -0.2) is 0 Å². The summed E-state index contributed by atoms with van der Waals surface area (Å²) < 4.78 is 0. The molecule has 0 unspecified atom stereocenters. The molecular weight excluding hydrogens is 212 g/mol. The molecule has 3 rings (SSSR count). The van der Waals surface area contributed by atoms with Crippen molar-refractivity contribution in [2.75, 3.05) is 13.1 Å². The van der Waals surface area contributed by atoms with E-state index in [2.05, 4.69) is 10.3 Å². The summed E-state index contributed by atoms with van der Waals surface area (Å²) in [5.74, 6) is 0. The predicted molar refractivity (Wildman–Crippen MR) is 70.5 cm³/mol. The first-order chi connectivity index (χ1) is 8.31. The number of carbonyl (C=O) groups is 1. The van der Waals surface area contributed by atoms with Crippen LogP contribution in [-0.2, 0) is 0 Å². The van der Waals surface area contributed by atoms with E-state index in [-0.39, 0.29) is 0 Å². The van der Waals surface area contributed by atoms with Gasteiger partial charge in [0.25, 0.3) is 0 Å². The zero-order chi connectivity index (χ0) is 12.1. The van der Waals surface area contributed by atoms with E-state index in [1.807, 2.05) is 31.3 Å². The Morgan fingerprint density at radius 2 is 2.00 bits per heavy atom. The quantitative estimate of drug-likeness (QED) is 0.740. The van der Waals surface area contributed by atoms with Crippen LogP contribution < -0.4 is 5.32 Å². The molecular formula is C14H18N2O. The highest BCUT2D eigenvalue weighted by Gasteiger charge is 1.99. The molecule has 0 aliphatic carbocycles. The van der Waals surface area contributed by atoms with E-state index in [1.165, 1.54) is 25.9 Å². The first-order valence-electron chi connectivity index (χ1n) is 6.05. The number of aromatic amines is 1. The van der Waals surface area contributed by atoms with Crippen molar-refractivity contribution in [3.8, 4) is 0 Å². The third-order valence-electron chi connectivity index (χ3n) is 3.02. The second kappa shape index (κ2) is 5.64. The van der Waals surface area contributed by atoms with Gasteiger partial charge in [-0.2, -0.15) is 0 Å². The van der Waals surface area contributed by atoms with Crippen molar-refractivity contribution in [2.45, 2.75) is 19.8 Å². The summed E-state index contributed by atoms with van der Waals surface area (Å²) in [7, 11) is 0. The SMILES string of the molecule is C1CCNC1.Cc1cc2[nH]ccc2cc1C=O. The maximum absolute atomic E-state index is 10.6. The molecule has 3 nitrogen and oxygen atoms in total. The highest BCUT2D eigenvalue weighted by Crippen LogP contribution is 2.16. The maximum atomic E-state index is 10.6. The van der Waals surface area contributed by atoms with Gasteiger partial charge >= 0.3 is 0 Å². The third-order valence-corrected chi connectivity index (χ3v) is 3.02. The van der Waals surface area contributed by atoms with Gasteiger partial charge in [-0.3, -0.25) is 4.79 Å². The van der Waals surface area contributed by atoms with E-state index in [9.17, 15) is 4.79 Å². The number of benzene rings is 1. The topological polar surface area (TPSA) is 44.9 Å². The summed E-state index contributed by atoms with van der Waals surface area (Å²) in [5.41, 5.74) is 2.86. The minimum absolute atomic E-state index is 0.766. The minimum Gasteiger partial charge on any atom is -0.361 e. The van der Waals surface area contributed by atoms with E-state index in [0.29, 0.717) is 0 Å². The number of nitrogens with one attached hydrogen (secondary N) is 2. The number of hydrogen-bond donors (Lipinski definition) is 2. The van der Waals surface area contributed by atoms with E-state index < -0.39 is 0 Å². The lowest BCUT2D eigenvalue weighted by atomic mass is 10.1. The number of H-pyrrole nitrogens is 1. The Kier molecular flexibility index (Phi) is 3.94. The lowest BCUT2D eigenvalue weighted by Gasteiger charge is -1.97. The minimum atomic E-state index is 0.766. The van der Waals surface area contributed by atoms with Gasteiger partial charge in [-0.1, -0.05) is 0 Å². The number of aldehydes is 1. The highest BCUT2D eigenvalue weighted by molar-refractivity contribution is 5.88. The molecule has 1 aliphatic heterocycles. The van der Waals surface area contributed by atoms with Crippen molar-refractivity contribution in [2.24, 2.45) is 0 Å². The van der Waals surface area contributed by atoms with Gasteiger partial charge in [0.1, 0.15) is 6.29 Å². The molecule has 1 aromatic carbocycles. The molecule has 1 saturated heterocycles. The molecule has 0 amide bonds. The van der Waals surface area contributed by atoms with E-state index in [4.69, 9.17) is 0 Å². The number of aryl methyl sites for hydroxylation is 1. The summed E-state index contributed by atoms with van der Waals surface area (Å²) in [6.45, 7) is 4.43. The van der Waals surface area contributed by atoms with Gasteiger partial charge in [0.2, 0.25) is 0 Å². The number of aromatic nitrogens is 1. The highest BCUT2D eigenvalue weighted by atomic mass is 16.1. The second-order valence-electron chi connectivity index (χ2n) is 4.35. The molecule has 0 spiro atoms. The van der Waals surface area contributed by atoms with Gasteiger partial charge in [-0.05, 0) is 56.6 Å². The number of fused-ring (bicyclic) bond motifs is 1. The second-order valence-corrected chi connectivity index (χ2v) is 4.35. The monoisotopic (exact) mass is 230 g/mol. The van der Waals surface area contributed by atoms with Crippen LogP contribution in [0, 0.1) is 6.92 Å². The molecule has 17 heavy (non-hydrogen) atoms. The Bertz CT molecular complexity index is 490. The number of rotatable bonds is 1. The van der Waals surface area contributed by atoms with Crippen molar-refractivity contribution in [3.05, 3.63) is 35.5 Å². The average molecular weight is 230 g/mol. The smallest absolute Gasteiger partial charge is 0.150 e. The Morgan fingerprint density at radius 1 is 1.24 bits per heavy atom. The number of carbonyl (C=O) groups excluding carboxylic acids is 1. The summed E-state index contributed by atoms with van der Waals surface area (Å²) in [6, 6.07) is 5.84. The zero-order valence-corrected chi connectivity index (χ0v) is 10.1. The first-order valence-corrected chi connectivity index (χ1v) is 6.05. The fourth-order valence-corrected chi connectivity index (χ4v) is 1.98. The molecule has 2 aromatic rings. The first kappa shape index (κ1) is 11.9. The molecule has 0 saturated carbocycles. The van der Waals surface area contributed by atoms with Crippen LogP contribution >= 0.6 is 0 Å². The van der Waals surface area contributed by atoms with Crippen molar-refractivity contribution in [1.29, 1.82) is 0 Å². The fraction of sp³-hybridized carbons (Fsp3) is 0.357. The van der Waals surface area contributed by atoms with Crippen molar-refractivity contribution >= 4 is 17.2 Å². The molecule has 2 heterocycles. The van der Waals surface area contributed by atoms with Crippen LogP contribution in [-0.4, -0.2) is 24.4 Å². The molecule has 0 bridgehead atoms. The van der Waals surface area contributed by atoms with Gasteiger partial charge in [0.05, 0.1) is 0 Å². The summed E-state index contributed by atoms with van der Waals surface area (Å²) in [6.07, 6.45) is 5.54. The molecule has 1 fully saturated rings. The zero-order valence-electron chi connectivity index (χ0n) is 10.1. The van der Waals surface area contributed by atoms with Crippen molar-refractivity contribution in [1.82, 2.24) is 10.3 Å². The summed E-state index contributed by atoms with van der Waals surface area (Å²) in [5, 5.41) is 4.31. The number of hydrogen-bond acceptors (Lipinski definition) is 2. The third kappa shape index (κ3) is 2.94. The maximum Gasteiger partial charge on any atom is 0.150 e. The Balaban J connectivity index is 0.000000181. The van der Waals surface area contributed by atoms with Crippen LogP contribution in [0.3, 0.4) is 0 Å². The predicted octanol–water partition coefficient (Wildman–Crippen LogP) is 2.66. The Labute approximate surface area is 101 Å². The largest absolute Gasteiger partial charge is 0.361 e. The van der Waals surface area contributed by atoms with Crippen LogP contribution in [0.5, 0.6) is 0 Å². The normalized spacial score (nSPS) is 14.4. The molecule has 1 aromatic heterocycles. The molecule has 0 radical (unpaired) electrons. The Morgan fingerprint density at radius 3 is 2.59 bits per heavy atom. The standard InChI is InChI=1S/C10H9NO.C4H9N/c1-7-4-10-8(2-3-11-10)5-9(7)6-12;1-2-4-5-3-1/h2-6,11H,1H3;5H,1-4H2. The van der Waals surface area contributed by atoms with Gasteiger partial charge < -0.3 is 10.3 Å². The van der Waals surface area contributed by atoms with Crippen LogP contribution in [0.15, 0.2) is 24.4 Å². The van der Waals surface area contributed by atoms with Gasteiger partial charge in [-0.15, -0.1) is 0 Å². The average Bonchev–Trinajstić information content (AvgIpc) is 3.01. The molecule has 90 valence electrons. The summed E-state index contributed by atoms with van der Waals surface area (Å²) in [4.78, 5) is 13.7. The van der Waals surface area contributed by atoms with Crippen molar-refractivity contribution < 1.29 is 4.79 Å². The van der Waals surface area contributed by atoms with Crippen LogP contribution in [0.2, 0.25) is 0 Å². The van der Waals surface area contributed by atoms with Crippen molar-refractivity contribution in [3.63, 3.8) is 0 Å². The molecule has 1 aliphatic rings. The lowest BCUT2D eigenvalue weighted by molar-refractivity contribution is 0.112. The van der Waals surface area contributed by atoms with Crippen LogP contribution in [0.4, 0.5) is 0 Å². The molecule has 0 atom stereocenters. The van der Waals surface area contributed by atoms with Crippen LogP contribution in [0.1, 0.15) is 28.8 Å². The molecule has 2 N–H and O–H groups in total. The van der Waals surface area contributed by atoms with E-state index in [1.54, 1.807) is 0 Å².